The van der Waals surface area contributed by atoms with Crippen LogP contribution in [0.5, 0.6) is 0 Å². The Morgan fingerprint density at radius 2 is 2.08 bits per heavy atom. The van der Waals surface area contributed by atoms with E-state index in [1.807, 2.05) is 13.0 Å². The Morgan fingerprint density at radius 1 is 1.38 bits per heavy atom. The molecule has 1 unspecified atom stereocenters. The Kier molecular flexibility index (Phi) is 3.37. The van der Waals surface area contributed by atoms with Crippen molar-refractivity contribution in [2.45, 2.75) is 25.8 Å². The van der Waals surface area contributed by atoms with Crippen molar-refractivity contribution in [3.05, 3.63) is 35.4 Å². The van der Waals surface area contributed by atoms with E-state index in [0.29, 0.717) is 5.56 Å². The number of hydrogen-bond acceptors (Lipinski definition) is 1. The molecule has 0 aromatic heterocycles. The zero-order valence-electron chi connectivity index (χ0n) is 7.50. The topological polar surface area (TPSA) is 26.0 Å². The maximum Gasteiger partial charge on any atom is 0.242 e. The number of alkyl halides is 2. The summed E-state index contributed by atoms with van der Waals surface area (Å²) in [5.41, 5.74) is 7.17. The van der Waals surface area contributed by atoms with E-state index in [2.05, 4.69) is 0 Å². The van der Waals surface area contributed by atoms with Crippen molar-refractivity contribution in [2.75, 3.05) is 0 Å². The average Bonchev–Trinajstić information content (AvgIpc) is 2.03. The Bertz CT molecular complexity index is 271. The summed E-state index contributed by atoms with van der Waals surface area (Å²) >= 11 is 0. The second-order valence-corrected chi connectivity index (χ2v) is 3.13. The van der Waals surface area contributed by atoms with Gasteiger partial charge < -0.3 is 5.73 Å². The molecule has 1 nitrogen and oxygen atoms in total. The van der Waals surface area contributed by atoms with Crippen LogP contribution in [0.1, 0.15) is 24.1 Å². The maximum atomic E-state index is 12.0. The molecule has 72 valence electrons. The third-order valence-corrected chi connectivity index (χ3v) is 1.87. The number of hydrogen-bond donors (Lipinski definition) is 1. The van der Waals surface area contributed by atoms with E-state index in [9.17, 15) is 8.78 Å². The van der Waals surface area contributed by atoms with Crippen LogP contribution in [0.2, 0.25) is 0 Å². The standard InChI is InChI=1S/C10H13F2N/c1-7(13)9-4-2-3-8(5-9)6-10(11)12/h2-5,7,10H,6,13H2,1H3. The van der Waals surface area contributed by atoms with Crippen LogP contribution < -0.4 is 5.73 Å². The summed E-state index contributed by atoms with van der Waals surface area (Å²) in [5.74, 6) is 0. The lowest BCUT2D eigenvalue weighted by Crippen LogP contribution is -2.06. The third kappa shape index (κ3) is 3.11. The molecule has 0 spiro atoms. The van der Waals surface area contributed by atoms with E-state index in [4.69, 9.17) is 5.73 Å². The summed E-state index contributed by atoms with van der Waals surface area (Å²) in [6.45, 7) is 1.83. The number of halogens is 2. The van der Waals surface area contributed by atoms with Crippen molar-refractivity contribution in [2.24, 2.45) is 5.73 Å². The first-order valence-electron chi connectivity index (χ1n) is 4.22. The first-order chi connectivity index (χ1) is 6.09. The molecule has 0 amide bonds. The lowest BCUT2D eigenvalue weighted by atomic mass is 10.0. The minimum atomic E-state index is -2.29. The molecule has 3 heteroatoms. The van der Waals surface area contributed by atoms with Gasteiger partial charge in [-0.2, -0.15) is 0 Å². The predicted octanol–water partition coefficient (Wildman–Crippen LogP) is 2.51. The van der Waals surface area contributed by atoms with E-state index < -0.39 is 6.43 Å². The zero-order valence-corrected chi connectivity index (χ0v) is 7.50. The molecule has 1 rings (SSSR count). The Morgan fingerprint density at radius 3 is 2.62 bits per heavy atom. The summed E-state index contributed by atoms with van der Waals surface area (Å²) in [4.78, 5) is 0. The highest BCUT2D eigenvalue weighted by molar-refractivity contribution is 5.25. The molecule has 0 aliphatic heterocycles. The van der Waals surface area contributed by atoms with Crippen LogP contribution in [0.3, 0.4) is 0 Å². The van der Waals surface area contributed by atoms with Crippen molar-refractivity contribution >= 4 is 0 Å². The largest absolute Gasteiger partial charge is 0.324 e. The molecule has 1 atom stereocenters. The molecular weight excluding hydrogens is 172 g/mol. The summed E-state index contributed by atoms with van der Waals surface area (Å²) in [5, 5.41) is 0. The summed E-state index contributed by atoms with van der Waals surface area (Å²) in [7, 11) is 0. The van der Waals surface area contributed by atoms with E-state index in [-0.39, 0.29) is 12.5 Å². The lowest BCUT2D eigenvalue weighted by Gasteiger charge is -2.07. The van der Waals surface area contributed by atoms with Crippen LogP contribution in [0.25, 0.3) is 0 Å². The van der Waals surface area contributed by atoms with Gasteiger partial charge in [0.05, 0.1) is 0 Å². The molecule has 1 aromatic carbocycles. The fourth-order valence-corrected chi connectivity index (χ4v) is 1.18. The first-order valence-corrected chi connectivity index (χ1v) is 4.22. The minimum absolute atomic E-state index is 0.0994. The second-order valence-electron chi connectivity index (χ2n) is 3.13. The zero-order chi connectivity index (χ0) is 9.84. The Balaban J connectivity index is 2.79. The summed E-state index contributed by atoms with van der Waals surface area (Å²) < 4.78 is 24.0. The van der Waals surface area contributed by atoms with Crippen LogP contribution in [-0.4, -0.2) is 6.43 Å². The summed E-state index contributed by atoms with van der Waals surface area (Å²) in [6.07, 6.45) is -2.48. The summed E-state index contributed by atoms with van der Waals surface area (Å²) in [6, 6.07) is 6.93. The van der Waals surface area contributed by atoms with Crippen LogP contribution in [0.4, 0.5) is 8.78 Å². The van der Waals surface area contributed by atoms with Gasteiger partial charge in [-0.05, 0) is 18.1 Å². The van der Waals surface area contributed by atoms with Gasteiger partial charge in [0.2, 0.25) is 6.43 Å². The van der Waals surface area contributed by atoms with Gasteiger partial charge in [-0.15, -0.1) is 0 Å². The SMILES string of the molecule is CC(N)c1cccc(CC(F)F)c1. The molecule has 2 N–H and O–H groups in total. The molecule has 0 heterocycles. The van der Waals surface area contributed by atoms with Crippen LogP contribution in [-0.2, 0) is 6.42 Å². The van der Waals surface area contributed by atoms with Crippen molar-refractivity contribution in [1.82, 2.24) is 0 Å². The van der Waals surface area contributed by atoms with Crippen molar-refractivity contribution in [1.29, 1.82) is 0 Å². The van der Waals surface area contributed by atoms with Crippen molar-refractivity contribution < 1.29 is 8.78 Å². The average molecular weight is 185 g/mol. The van der Waals surface area contributed by atoms with Gasteiger partial charge in [-0.3, -0.25) is 0 Å². The smallest absolute Gasteiger partial charge is 0.242 e. The fraction of sp³-hybridized carbons (Fsp3) is 0.400. The van der Waals surface area contributed by atoms with Gasteiger partial charge in [0.25, 0.3) is 0 Å². The van der Waals surface area contributed by atoms with E-state index >= 15 is 0 Å². The van der Waals surface area contributed by atoms with Crippen molar-refractivity contribution in [3.8, 4) is 0 Å². The predicted molar refractivity (Wildman–Crippen MR) is 48.8 cm³/mol. The van der Waals surface area contributed by atoms with E-state index in [1.165, 1.54) is 0 Å². The molecule has 13 heavy (non-hydrogen) atoms. The highest BCUT2D eigenvalue weighted by Crippen LogP contribution is 2.14. The van der Waals surface area contributed by atoms with Crippen molar-refractivity contribution in [3.63, 3.8) is 0 Å². The minimum Gasteiger partial charge on any atom is -0.324 e. The lowest BCUT2D eigenvalue weighted by molar-refractivity contribution is 0.149. The number of benzene rings is 1. The molecule has 0 aliphatic rings. The highest BCUT2D eigenvalue weighted by atomic mass is 19.3. The molecule has 0 saturated carbocycles. The van der Waals surface area contributed by atoms with Gasteiger partial charge in [0.1, 0.15) is 0 Å². The van der Waals surface area contributed by atoms with Gasteiger partial charge in [-0.1, -0.05) is 24.3 Å². The maximum absolute atomic E-state index is 12.0. The molecular formula is C10H13F2N. The van der Waals surface area contributed by atoms with Gasteiger partial charge in [-0.25, -0.2) is 8.78 Å². The first kappa shape index (κ1) is 10.1. The van der Waals surface area contributed by atoms with E-state index in [0.717, 1.165) is 5.56 Å². The molecule has 0 radical (unpaired) electrons. The molecule has 0 fully saturated rings. The Labute approximate surface area is 76.6 Å². The monoisotopic (exact) mass is 185 g/mol. The molecule has 1 aromatic rings. The van der Waals surface area contributed by atoms with Crippen LogP contribution >= 0.6 is 0 Å². The Hall–Kier alpha value is -0.960. The second kappa shape index (κ2) is 4.33. The molecule has 0 bridgehead atoms. The number of nitrogens with two attached hydrogens (primary N) is 1. The number of rotatable bonds is 3. The van der Waals surface area contributed by atoms with E-state index in [1.54, 1.807) is 18.2 Å². The third-order valence-electron chi connectivity index (χ3n) is 1.87. The van der Waals surface area contributed by atoms with Gasteiger partial charge in [0.15, 0.2) is 0 Å². The van der Waals surface area contributed by atoms with Gasteiger partial charge >= 0.3 is 0 Å². The normalized spacial score (nSPS) is 13.3. The van der Waals surface area contributed by atoms with Crippen LogP contribution in [0.15, 0.2) is 24.3 Å². The fourth-order valence-electron chi connectivity index (χ4n) is 1.18. The quantitative estimate of drug-likeness (QED) is 0.769. The van der Waals surface area contributed by atoms with Crippen LogP contribution in [0, 0.1) is 0 Å². The molecule has 0 aliphatic carbocycles. The highest BCUT2D eigenvalue weighted by Gasteiger charge is 2.05. The van der Waals surface area contributed by atoms with Gasteiger partial charge in [0, 0.05) is 12.5 Å². The molecule has 0 saturated heterocycles.